The predicted octanol–water partition coefficient (Wildman–Crippen LogP) is 9.42. The van der Waals surface area contributed by atoms with Crippen LogP contribution in [0.2, 0.25) is 0 Å². The number of hydrogen-bond acceptors (Lipinski definition) is 0. The van der Waals surface area contributed by atoms with E-state index in [1.165, 1.54) is 64.2 Å². The average molecular weight is 557 g/mol. The van der Waals surface area contributed by atoms with Crippen molar-refractivity contribution in [3.63, 3.8) is 0 Å². The van der Waals surface area contributed by atoms with Crippen molar-refractivity contribution in [1.82, 2.24) is 0 Å². The van der Waals surface area contributed by atoms with Gasteiger partial charge in [-0.3, -0.25) is 0 Å². The zero-order valence-corrected chi connectivity index (χ0v) is 22.7. The number of halogens is 2. The summed E-state index contributed by atoms with van der Waals surface area (Å²) in [4.78, 5) is 0. The molecule has 172 valence electrons. The first-order valence-electron chi connectivity index (χ1n) is 12.4. The molecule has 4 heteroatoms. The van der Waals surface area contributed by atoms with Crippen molar-refractivity contribution in [3.8, 4) is 0 Å². The van der Waals surface area contributed by atoms with Gasteiger partial charge < -0.3 is 0 Å². The first-order chi connectivity index (χ1) is 14.8. The molecule has 0 spiro atoms. The van der Waals surface area contributed by atoms with Crippen LogP contribution >= 0.6 is 26.3 Å². The molecule has 0 saturated heterocycles. The Kier molecular flexibility index (Phi) is 11.9. The van der Waals surface area contributed by atoms with Gasteiger partial charge in [0, 0.05) is 0 Å². The molecule has 3 fully saturated rings. The molecule has 0 atom stereocenters. The Balaban J connectivity index is 0.000000806. The summed E-state index contributed by atoms with van der Waals surface area (Å²) in [6.07, 6.45) is 24.2. The second-order valence-electron chi connectivity index (χ2n) is 9.69. The van der Waals surface area contributed by atoms with Crippen LogP contribution in [0.4, 0.5) is 0 Å². The molecule has 3 saturated carbocycles. The molecule has 0 N–H and O–H groups in total. The van der Waals surface area contributed by atoms with Crippen molar-refractivity contribution < 1.29 is 15.1 Å². The molecular weight excluding hydrogens is 515 g/mol. The Morgan fingerprint density at radius 2 is 1.03 bits per heavy atom. The van der Waals surface area contributed by atoms with Gasteiger partial charge in [0.15, 0.2) is 0 Å². The van der Waals surface area contributed by atoms with Crippen molar-refractivity contribution in [2.24, 2.45) is 0 Å². The zero-order valence-electron chi connectivity index (χ0n) is 18.6. The van der Waals surface area contributed by atoms with E-state index in [2.05, 4.69) is 36.1 Å². The third kappa shape index (κ3) is 6.86. The molecule has 0 unspecified atom stereocenters. The summed E-state index contributed by atoms with van der Waals surface area (Å²) in [6, 6.07) is 11.4. The van der Waals surface area contributed by atoms with Crippen LogP contribution in [0.25, 0.3) is 0 Å². The van der Waals surface area contributed by atoms with Crippen LogP contribution in [0.5, 0.6) is 0 Å². The maximum absolute atomic E-state index is 4.85. The van der Waals surface area contributed by atoms with Gasteiger partial charge in [-0.25, -0.2) is 0 Å². The van der Waals surface area contributed by atoms with E-state index >= 15 is 0 Å². The van der Waals surface area contributed by atoms with E-state index in [-0.39, 0.29) is 15.1 Å². The van der Waals surface area contributed by atoms with Crippen molar-refractivity contribution in [2.45, 2.75) is 120 Å². The van der Waals surface area contributed by atoms with Crippen LogP contribution in [-0.4, -0.2) is 22.8 Å². The van der Waals surface area contributed by atoms with E-state index in [4.69, 9.17) is 19.4 Å². The Hall–Kier alpha value is 0.723. The third-order valence-corrected chi connectivity index (χ3v) is 14.3. The summed E-state index contributed by atoms with van der Waals surface area (Å²) < 4.78 is 0. The molecule has 1 aromatic carbocycles. The molecule has 0 aliphatic heterocycles. The van der Waals surface area contributed by atoms with Gasteiger partial charge in [0.2, 0.25) is 0 Å². The summed E-state index contributed by atoms with van der Waals surface area (Å²) in [5, 5.41) is 0. The van der Waals surface area contributed by atoms with Crippen molar-refractivity contribution in [3.05, 3.63) is 35.9 Å². The topological polar surface area (TPSA) is 0 Å². The van der Waals surface area contributed by atoms with Crippen LogP contribution in [0.15, 0.2) is 30.3 Å². The van der Waals surface area contributed by atoms with Crippen LogP contribution in [0.3, 0.4) is 0 Å². The molecule has 3 aliphatic rings. The molecule has 0 nitrogen and oxygen atoms in total. The molecule has 4 rings (SSSR count). The van der Waals surface area contributed by atoms with E-state index in [1.54, 1.807) is 44.1 Å². The van der Waals surface area contributed by atoms with E-state index in [0.717, 1.165) is 17.0 Å². The van der Waals surface area contributed by atoms with Gasteiger partial charge in [0.1, 0.15) is 0 Å². The fourth-order valence-corrected chi connectivity index (χ4v) is 13.8. The Bertz CT molecular complexity index is 577. The molecule has 0 radical (unpaired) electrons. The molecular formula is C26H41Cl2PRu. The van der Waals surface area contributed by atoms with E-state index in [0.29, 0.717) is 0 Å². The van der Waals surface area contributed by atoms with Gasteiger partial charge in [-0.15, -0.1) is 0 Å². The second kappa shape index (κ2) is 14.1. The summed E-state index contributed by atoms with van der Waals surface area (Å²) in [5.41, 5.74) is 4.81. The van der Waals surface area contributed by atoms with Gasteiger partial charge in [-0.1, -0.05) is 101 Å². The second-order valence-corrected chi connectivity index (χ2v) is 16.7. The van der Waals surface area contributed by atoms with Crippen molar-refractivity contribution in [2.75, 3.05) is 0 Å². The zero-order chi connectivity index (χ0) is 21.1. The molecule has 1 aromatic rings. The summed E-state index contributed by atoms with van der Waals surface area (Å²) in [5.74, 6) is 3.03. The third-order valence-electron chi connectivity index (χ3n) is 8.11. The van der Waals surface area contributed by atoms with E-state index < -0.39 is 6.89 Å². The molecule has 0 aromatic heterocycles. The van der Waals surface area contributed by atoms with Gasteiger partial charge >= 0.3 is 34.5 Å². The molecule has 0 heterocycles. The molecule has 3 aliphatic carbocycles. The van der Waals surface area contributed by atoms with Gasteiger partial charge in [0.05, 0.1) is 0 Å². The molecule has 0 bridgehead atoms. The fraction of sp³-hybridized carbons (Fsp3) is 0.731. The van der Waals surface area contributed by atoms with E-state index in [9.17, 15) is 0 Å². The van der Waals surface area contributed by atoms with Crippen LogP contribution in [-0.2, 0) is 21.6 Å². The first-order valence-corrected chi connectivity index (χ1v) is 19.0. The van der Waals surface area contributed by atoms with Crippen molar-refractivity contribution >= 4 is 32.1 Å². The van der Waals surface area contributed by atoms with Crippen LogP contribution in [0, 0.1) is 0 Å². The van der Waals surface area contributed by atoms with Gasteiger partial charge in [0.25, 0.3) is 0 Å². The Morgan fingerprint density at radius 3 is 1.40 bits per heavy atom. The summed E-state index contributed by atoms with van der Waals surface area (Å²) in [6.45, 7) is -1.01. The molecule has 30 heavy (non-hydrogen) atoms. The fourth-order valence-electron chi connectivity index (χ4n) is 6.80. The first kappa shape index (κ1) is 25.3. The van der Waals surface area contributed by atoms with E-state index in [1.807, 2.05) is 0 Å². The maximum atomic E-state index is 4.85. The standard InChI is InChI=1S/C26H41P.2ClH.Ru/c1-5-13-23(14-6-1)21-22-27(24-15-7-2-8-16-24,25-17-9-3-10-18-25)26-19-11-4-12-20-26;;;/h1,5-6,13-14,22,24-26H,2-4,7-12,15-21H2;2*1H;/q;;;+2/p-2. The van der Waals surface area contributed by atoms with Gasteiger partial charge in [-0.2, -0.15) is 0 Å². The minimum atomic E-state index is -1.01. The Morgan fingerprint density at radius 1 is 0.667 bits per heavy atom. The number of rotatable bonds is 5. The summed E-state index contributed by atoms with van der Waals surface area (Å²) >= 11 is -0.346. The monoisotopic (exact) mass is 556 g/mol. The molecule has 0 amide bonds. The number of hydrogen-bond donors (Lipinski definition) is 0. The quantitative estimate of drug-likeness (QED) is 0.250. The SMILES string of the molecule is C(Cc1ccccc1)=P(C1CCCCC1)(C1CCCCC1)C1CCCCC1.[Cl][Ru][Cl]. The summed E-state index contributed by atoms with van der Waals surface area (Å²) in [7, 11) is 9.71. The minimum absolute atomic E-state index is 0.346. The number of benzene rings is 1. The normalized spacial score (nSPS) is 22.3. The average Bonchev–Trinajstić information content (AvgIpc) is 2.83. The Labute approximate surface area is 201 Å². The van der Waals surface area contributed by atoms with Crippen LogP contribution < -0.4 is 0 Å². The van der Waals surface area contributed by atoms with Crippen molar-refractivity contribution in [1.29, 1.82) is 0 Å². The van der Waals surface area contributed by atoms with Crippen LogP contribution in [0.1, 0.15) is 102 Å². The van der Waals surface area contributed by atoms with Gasteiger partial charge in [-0.05, 0) is 67.5 Å². The predicted molar refractivity (Wildman–Crippen MR) is 135 cm³/mol.